The number of nitrogens with zero attached hydrogens (tertiary/aromatic N) is 1. The maximum absolute atomic E-state index is 12.8. The lowest BCUT2D eigenvalue weighted by Gasteiger charge is -2.46. The van der Waals surface area contributed by atoms with Crippen LogP contribution in [-0.2, 0) is 31.0 Å². The predicted octanol–water partition coefficient (Wildman–Crippen LogP) is 0.0489. The van der Waals surface area contributed by atoms with Crippen LogP contribution >= 0.6 is 11.8 Å². The third-order valence-corrected chi connectivity index (χ3v) is 9.79. The summed E-state index contributed by atoms with van der Waals surface area (Å²) in [5.74, 6) is -2.59. The van der Waals surface area contributed by atoms with Crippen LogP contribution in [0.4, 0.5) is 0 Å². The number of aliphatic hydroxyl groups is 1. The van der Waals surface area contributed by atoms with E-state index in [0.717, 1.165) is 5.56 Å². The quantitative estimate of drug-likeness (QED) is 0.241. The highest BCUT2D eigenvalue weighted by atomic mass is 32.2. The first-order valence-electron chi connectivity index (χ1n) is 12.2. The number of benzene rings is 1. The molecule has 1 aromatic heterocycles. The van der Waals surface area contributed by atoms with Crippen LogP contribution in [0, 0.1) is 11.8 Å². The molecule has 2 fully saturated rings. The molecule has 12 nitrogen and oxygen atoms in total. The van der Waals surface area contributed by atoms with Crippen molar-refractivity contribution < 1.29 is 33.0 Å². The monoisotopic (exact) mass is 563 g/mol. The van der Waals surface area contributed by atoms with E-state index in [1.807, 2.05) is 6.92 Å². The van der Waals surface area contributed by atoms with Crippen LogP contribution in [0.3, 0.4) is 0 Å². The number of nitrogens with two attached hydrogens (primary N) is 1. The van der Waals surface area contributed by atoms with Crippen molar-refractivity contribution in [2.75, 3.05) is 6.54 Å². The van der Waals surface area contributed by atoms with Crippen molar-refractivity contribution in [3.63, 3.8) is 0 Å². The standard InChI is InChI=1S/C24H29N5O7S2/c1-10-19-18(11(2)30)23(32)29(19)20(24(33)34)21(10)37-14-7-16(26-9-14)22(31)27-8-12-3-4-13-6-17(38(25,35)36)28-15(13)5-12/h3-6,10-11,14,16,18-19,26,28,30H,7-9H2,1-2H3,(H,27,31)(H,33,34)(H2,25,35,36)/t10-,11-,14+,16+,18-,19-/m1/s1. The summed E-state index contributed by atoms with van der Waals surface area (Å²) in [6.07, 6.45) is -0.383. The summed E-state index contributed by atoms with van der Waals surface area (Å²) in [6.45, 7) is 4.14. The lowest BCUT2D eigenvalue weighted by Crippen LogP contribution is -2.63. The number of H-pyrrole nitrogens is 1. The van der Waals surface area contributed by atoms with Gasteiger partial charge >= 0.3 is 5.97 Å². The highest BCUT2D eigenvalue weighted by Crippen LogP contribution is 2.51. The molecule has 2 amide bonds. The number of thioether (sulfide) groups is 1. The van der Waals surface area contributed by atoms with Crippen LogP contribution in [0.5, 0.6) is 0 Å². The van der Waals surface area contributed by atoms with Gasteiger partial charge in [-0.15, -0.1) is 11.8 Å². The molecule has 204 valence electrons. The van der Waals surface area contributed by atoms with Gasteiger partial charge in [0, 0.05) is 40.1 Å². The fraction of sp³-hybridized carbons (Fsp3) is 0.458. The van der Waals surface area contributed by atoms with Crippen LogP contribution in [0.1, 0.15) is 25.8 Å². The van der Waals surface area contributed by atoms with Crippen molar-refractivity contribution in [3.05, 3.63) is 40.4 Å². The fourth-order valence-electron chi connectivity index (χ4n) is 5.57. The summed E-state index contributed by atoms with van der Waals surface area (Å²) in [7, 11) is -3.85. The van der Waals surface area contributed by atoms with Gasteiger partial charge in [0.15, 0.2) is 0 Å². The average Bonchev–Trinajstić information content (AvgIpc) is 3.53. The number of amides is 2. The zero-order valence-corrected chi connectivity index (χ0v) is 22.3. The summed E-state index contributed by atoms with van der Waals surface area (Å²) in [4.78, 5) is 42.1. The molecule has 1 aromatic carbocycles. The SMILES string of the molecule is C[C@@H](O)[C@H]1C(=O)N2C(C(=O)O)=C(S[C@@H]3CN[C@H](C(=O)NCc4ccc5cc(S(N)(=O)=O)[nH]c5c4)C3)[C@H](C)[C@H]12. The molecule has 3 aliphatic rings. The Morgan fingerprint density at radius 3 is 2.71 bits per heavy atom. The van der Waals surface area contributed by atoms with Gasteiger partial charge in [-0.2, -0.15) is 0 Å². The minimum atomic E-state index is -3.85. The molecule has 0 saturated carbocycles. The van der Waals surface area contributed by atoms with Crippen molar-refractivity contribution in [3.8, 4) is 0 Å². The molecule has 3 aliphatic heterocycles. The molecule has 0 radical (unpaired) electrons. The minimum absolute atomic E-state index is 0.0207. The number of aromatic nitrogens is 1. The Bertz CT molecular complexity index is 1470. The molecule has 6 atom stereocenters. The average molecular weight is 564 g/mol. The zero-order valence-electron chi connectivity index (χ0n) is 20.7. The molecule has 0 spiro atoms. The number of carbonyl (C=O) groups is 3. The van der Waals surface area contributed by atoms with Crippen molar-refractivity contribution in [1.82, 2.24) is 20.5 Å². The smallest absolute Gasteiger partial charge is 0.353 e. The van der Waals surface area contributed by atoms with E-state index in [9.17, 15) is 33.0 Å². The number of aromatic amines is 1. The number of carbonyl (C=O) groups excluding carboxylic acids is 2. The van der Waals surface area contributed by atoms with Crippen molar-refractivity contribution in [2.45, 2.75) is 55.3 Å². The van der Waals surface area contributed by atoms with Gasteiger partial charge in [-0.3, -0.25) is 9.59 Å². The van der Waals surface area contributed by atoms with Gasteiger partial charge < -0.3 is 30.7 Å². The molecule has 0 bridgehead atoms. The van der Waals surface area contributed by atoms with E-state index in [2.05, 4.69) is 15.6 Å². The summed E-state index contributed by atoms with van der Waals surface area (Å²) >= 11 is 1.38. The molecule has 2 aromatic rings. The van der Waals surface area contributed by atoms with Gasteiger partial charge in [-0.1, -0.05) is 19.1 Å². The number of primary sulfonamides is 1. The number of aliphatic carboxylic acids is 1. The first-order chi connectivity index (χ1) is 17.9. The van der Waals surface area contributed by atoms with Crippen LogP contribution < -0.4 is 15.8 Å². The number of fused-ring (bicyclic) bond motifs is 2. The Kier molecular flexibility index (Phi) is 6.80. The van der Waals surface area contributed by atoms with Crippen LogP contribution in [0.25, 0.3) is 10.9 Å². The maximum Gasteiger partial charge on any atom is 0.353 e. The third kappa shape index (κ3) is 4.60. The molecule has 2 saturated heterocycles. The van der Waals surface area contributed by atoms with Crippen LogP contribution in [0.15, 0.2) is 39.9 Å². The lowest BCUT2D eigenvalue weighted by atomic mass is 9.79. The van der Waals surface area contributed by atoms with Gasteiger partial charge in [-0.25, -0.2) is 18.4 Å². The van der Waals surface area contributed by atoms with E-state index in [4.69, 9.17) is 5.14 Å². The Labute approximate surface area is 223 Å². The second kappa shape index (κ2) is 9.68. The molecule has 38 heavy (non-hydrogen) atoms. The van der Waals surface area contributed by atoms with Gasteiger partial charge in [0.05, 0.1) is 24.1 Å². The van der Waals surface area contributed by atoms with E-state index < -0.39 is 34.1 Å². The number of β-lactam (4-membered cyclic amide) rings is 1. The molecule has 7 N–H and O–H groups in total. The molecular weight excluding hydrogens is 534 g/mol. The summed E-state index contributed by atoms with van der Waals surface area (Å²) in [6, 6.07) is 5.89. The second-order valence-electron chi connectivity index (χ2n) is 10.0. The Balaban J connectivity index is 1.21. The van der Waals surface area contributed by atoms with Crippen molar-refractivity contribution >= 4 is 50.5 Å². The van der Waals surface area contributed by atoms with E-state index in [0.29, 0.717) is 28.8 Å². The van der Waals surface area contributed by atoms with Crippen LogP contribution in [0.2, 0.25) is 0 Å². The van der Waals surface area contributed by atoms with E-state index in [1.165, 1.54) is 22.7 Å². The summed E-state index contributed by atoms with van der Waals surface area (Å²) in [5.41, 5.74) is 1.34. The van der Waals surface area contributed by atoms with Gasteiger partial charge in [-0.05, 0) is 31.0 Å². The molecule has 14 heteroatoms. The van der Waals surface area contributed by atoms with Crippen molar-refractivity contribution in [2.24, 2.45) is 17.0 Å². The number of sulfonamides is 1. The number of carboxylic acid groups (broad SMARTS) is 1. The number of nitrogens with one attached hydrogen (secondary N) is 3. The summed E-state index contributed by atoms with van der Waals surface area (Å²) in [5, 5.41) is 31.6. The highest BCUT2D eigenvalue weighted by Gasteiger charge is 2.60. The van der Waals surface area contributed by atoms with Crippen LogP contribution in [-0.4, -0.2) is 76.3 Å². The second-order valence-corrected chi connectivity index (χ2v) is 12.9. The number of hydrogen-bond donors (Lipinski definition) is 6. The number of aliphatic hydroxyl groups excluding tert-OH is 1. The number of hydrogen-bond acceptors (Lipinski definition) is 8. The third-order valence-electron chi connectivity index (χ3n) is 7.45. The molecule has 0 aliphatic carbocycles. The first-order valence-corrected chi connectivity index (χ1v) is 14.6. The molecular formula is C24H29N5O7S2. The minimum Gasteiger partial charge on any atom is -0.477 e. The van der Waals surface area contributed by atoms with Gasteiger partial charge in [0.2, 0.25) is 11.8 Å². The molecule has 4 heterocycles. The van der Waals surface area contributed by atoms with Gasteiger partial charge in [0.1, 0.15) is 10.7 Å². The Morgan fingerprint density at radius 1 is 1.32 bits per heavy atom. The molecule has 0 unspecified atom stereocenters. The lowest BCUT2D eigenvalue weighted by molar-refractivity contribution is -0.163. The Morgan fingerprint density at radius 2 is 2.05 bits per heavy atom. The largest absolute Gasteiger partial charge is 0.477 e. The van der Waals surface area contributed by atoms with Crippen molar-refractivity contribution in [1.29, 1.82) is 0 Å². The first kappa shape index (κ1) is 26.7. The van der Waals surface area contributed by atoms with E-state index >= 15 is 0 Å². The van der Waals surface area contributed by atoms with Gasteiger partial charge in [0.25, 0.3) is 10.0 Å². The summed E-state index contributed by atoms with van der Waals surface area (Å²) < 4.78 is 23.1. The zero-order chi connectivity index (χ0) is 27.5. The van der Waals surface area contributed by atoms with E-state index in [1.54, 1.807) is 25.1 Å². The van der Waals surface area contributed by atoms with E-state index in [-0.39, 0.29) is 46.3 Å². The topological polar surface area (TPSA) is 195 Å². The normalized spacial score (nSPS) is 27.9. The fourth-order valence-corrected chi connectivity index (χ4v) is 7.60. The molecule has 5 rings (SSSR count). The predicted molar refractivity (Wildman–Crippen MR) is 139 cm³/mol. The Hall–Kier alpha value is -2.91. The highest BCUT2D eigenvalue weighted by molar-refractivity contribution is 8.03. The number of rotatable bonds is 8. The maximum atomic E-state index is 12.8. The number of carboxylic acids is 1.